The van der Waals surface area contributed by atoms with Crippen LogP contribution in [0.25, 0.3) is 0 Å². The van der Waals surface area contributed by atoms with Gasteiger partial charge in [-0.3, -0.25) is 14.5 Å². The van der Waals surface area contributed by atoms with Crippen molar-refractivity contribution in [3.8, 4) is 5.75 Å². The van der Waals surface area contributed by atoms with Gasteiger partial charge in [-0.1, -0.05) is 6.07 Å². The highest BCUT2D eigenvalue weighted by Crippen LogP contribution is 2.18. The van der Waals surface area contributed by atoms with Gasteiger partial charge >= 0.3 is 0 Å². The summed E-state index contributed by atoms with van der Waals surface area (Å²) in [6, 6.07) is 4.71. The number of nitrogens with one attached hydrogen (secondary N) is 2. The number of carbonyl (C=O) groups excluding carboxylic acids is 2. The molecule has 0 heterocycles. The van der Waals surface area contributed by atoms with Crippen molar-refractivity contribution in [1.82, 2.24) is 15.5 Å². The summed E-state index contributed by atoms with van der Waals surface area (Å²) < 4.78 is 18.5. The third-order valence-corrected chi connectivity index (χ3v) is 2.98. The molecule has 7 heteroatoms. The standard InChI is InChI=1S/C16H24FN3O3/c1-11(2)19-15(21)8-18-16(22)10-20(3)9-12-5-6-14(23-4)13(17)7-12/h5-7,11H,8-10H2,1-4H3,(H,18,22)(H,19,21). The van der Waals surface area contributed by atoms with Crippen LogP contribution in [0.3, 0.4) is 0 Å². The van der Waals surface area contributed by atoms with E-state index in [4.69, 9.17) is 4.74 Å². The lowest BCUT2D eigenvalue weighted by Crippen LogP contribution is -2.42. The van der Waals surface area contributed by atoms with Crippen molar-refractivity contribution < 1.29 is 18.7 Å². The summed E-state index contributed by atoms with van der Waals surface area (Å²) in [5.74, 6) is -0.743. The Hall–Kier alpha value is -2.15. The molecule has 0 spiro atoms. The molecule has 6 nitrogen and oxygen atoms in total. The van der Waals surface area contributed by atoms with Crippen LogP contribution in [0.4, 0.5) is 4.39 Å². The van der Waals surface area contributed by atoms with Gasteiger partial charge in [0.15, 0.2) is 11.6 Å². The second-order valence-corrected chi connectivity index (χ2v) is 5.64. The fourth-order valence-corrected chi connectivity index (χ4v) is 2.03. The summed E-state index contributed by atoms with van der Waals surface area (Å²) in [5, 5.41) is 5.23. The van der Waals surface area contributed by atoms with Gasteiger partial charge in [0.1, 0.15) is 0 Å². The van der Waals surface area contributed by atoms with E-state index < -0.39 is 5.82 Å². The smallest absolute Gasteiger partial charge is 0.239 e. The van der Waals surface area contributed by atoms with Crippen LogP contribution in [0.5, 0.6) is 5.75 Å². The number of ether oxygens (including phenoxy) is 1. The molecular weight excluding hydrogens is 301 g/mol. The zero-order chi connectivity index (χ0) is 17.4. The molecule has 1 rings (SSSR count). The number of nitrogens with zero attached hydrogens (tertiary/aromatic N) is 1. The van der Waals surface area contributed by atoms with Crippen LogP contribution >= 0.6 is 0 Å². The first-order valence-corrected chi connectivity index (χ1v) is 7.38. The molecule has 0 aliphatic rings. The molecule has 0 aromatic heterocycles. The Morgan fingerprint density at radius 3 is 2.57 bits per heavy atom. The first-order chi connectivity index (χ1) is 10.8. The number of likely N-dealkylation sites (N-methyl/N-ethyl adjacent to an activating group) is 1. The minimum atomic E-state index is -0.437. The number of rotatable bonds is 8. The molecule has 0 radical (unpaired) electrons. The van der Waals surface area contributed by atoms with Crippen LogP contribution in [0.15, 0.2) is 18.2 Å². The third-order valence-electron chi connectivity index (χ3n) is 2.98. The number of amides is 2. The minimum Gasteiger partial charge on any atom is -0.494 e. The largest absolute Gasteiger partial charge is 0.494 e. The van der Waals surface area contributed by atoms with Crippen LogP contribution in [0, 0.1) is 5.82 Å². The fraction of sp³-hybridized carbons (Fsp3) is 0.500. The van der Waals surface area contributed by atoms with E-state index in [1.54, 1.807) is 24.1 Å². The number of hydrogen-bond donors (Lipinski definition) is 2. The predicted octanol–water partition coefficient (Wildman–Crippen LogP) is 0.907. The lowest BCUT2D eigenvalue weighted by atomic mass is 10.2. The molecule has 1 aromatic carbocycles. The Kier molecular flexibility index (Phi) is 7.47. The zero-order valence-electron chi connectivity index (χ0n) is 14.0. The quantitative estimate of drug-likeness (QED) is 0.745. The van der Waals surface area contributed by atoms with Crippen molar-refractivity contribution >= 4 is 11.8 Å². The van der Waals surface area contributed by atoms with Gasteiger partial charge in [-0.2, -0.15) is 0 Å². The molecule has 0 saturated carbocycles. The average Bonchev–Trinajstić information content (AvgIpc) is 2.44. The van der Waals surface area contributed by atoms with E-state index in [-0.39, 0.29) is 36.7 Å². The number of benzene rings is 1. The molecular formula is C16H24FN3O3. The Balaban J connectivity index is 2.41. The van der Waals surface area contributed by atoms with E-state index in [2.05, 4.69) is 10.6 Å². The maximum Gasteiger partial charge on any atom is 0.239 e. The highest BCUT2D eigenvalue weighted by molar-refractivity contribution is 5.85. The first-order valence-electron chi connectivity index (χ1n) is 7.38. The molecule has 0 fully saturated rings. The van der Waals surface area contributed by atoms with Crippen molar-refractivity contribution in [2.24, 2.45) is 0 Å². The number of hydrogen-bond acceptors (Lipinski definition) is 4. The van der Waals surface area contributed by atoms with Crippen molar-refractivity contribution in [3.05, 3.63) is 29.6 Å². The molecule has 2 amide bonds. The molecule has 0 saturated heterocycles. The lowest BCUT2D eigenvalue weighted by Gasteiger charge is -2.17. The van der Waals surface area contributed by atoms with Gasteiger partial charge in [0, 0.05) is 12.6 Å². The molecule has 23 heavy (non-hydrogen) atoms. The molecule has 2 N–H and O–H groups in total. The molecule has 0 aliphatic carbocycles. The lowest BCUT2D eigenvalue weighted by molar-refractivity contribution is -0.126. The van der Waals surface area contributed by atoms with Crippen molar-refractivity contribution in [1.29, 1.82) is 0 Å². The van der Waals surface area contributed by atoms with E-state index in [0.29, 0.717) is 6.54 Å². The van der Waals surface area contributed by atoms with E-state index in [0.717, 1.165) is 5.56 Å². The van der Waals surface area contributed by atoms with Crippen LogP contribution in [-0.4, -0.2) is 50.0 Å². The second-order valence-electron chi connectivity index (χ2n) is 5.64. The Morgan fingerprint density at radius 1 is 1.30 bits per heavy atom. The summed E-state index contributed by atoms with van der Waals surface area (Å²) in [6.45, 7) is 4.17. The average molecular weight is 325 g/mol. The summed E-state index contributed by atoms with van der Waals surface area (Å²) in [7, 11) is 3.15. The summed E-state index contributed by atoms with van der Waals surface area (Å²) in [4.78, 5) is 24.9. The van der Waals surface area contributed by atoms with E-state index in [1.165, 1.54) is 13.2 Å². The van der Waals surface area contributed by atoms with Crippen LogP contribution in [0.2, 0.25) is 0 Å². The summed E-state index contributed by atoms with van der Waals surface area (Å²) >= 11 is 0. The van der Waals surface area contributed by atoms with E-state index >= 15 is 0 Å². The highest BCUT2D eigenvalue weighted by Gasteiger charge is 2.11. The molecule has 1 aromatic rings. The molecule has 0 atom stereocenters. The normalized spacial score (nSPS) is 10.7. The monoisotopic (exact) mass is 325 g/mol. The van der Waals surface area contributed by atoms with Gasteiger partial charge in [-0.05, 0) is 38.6 Å². The maximum absolute atomic E-state index is 13.6. The number of carbonyl (C=O) groups is 2. The predicted molar refractivity (Wildman–Crippen MR) is 85.6 cm³/mol. The molecule has 0 aliphatic heterocycles. The topological polar surface area (TPSA) is 70.7 Å². The van der Waals surface area contributed by atoms with E-state index in [1.807, 2.05) is 13.8 Å². The van der Waals surface area contributed by atoms with Crippen LogP contribution < -0.4 is 15.4 Å². The van der Waals surface area contributed by atoms with Gasteiger partial charge in [-0.15, -0.1) is 0 Å². The minimum absolute atomic E-state index is 0.0343. The van der Waals surface area contributed by atoms with Crippen LogP contribution in [0.1, 0.15) is 19.4 Å². The third kappa shape index (κ3) is 7.10. The van der Waals surface area contributed by atoms with Gasteiger partial charge in [0.25, 0.3) is 0 Å². The van der Waals surface area contributed by atoms with Gasteiger partial charge in [-0.25, -0.2) is 4.39 Å². The Morgan fingerprint density at radius 2 is 2.00 bits per heavy atom. The van der Waals surface area contributed by atoms with Crippen molar-refractivity contribution in [3.63, 3.8) is 0 Å². The maximum atomic E-state index is 13.6. The SMILES string of the molecule is COc1ccc(CN(C)CC(=O)NCC(=O)NC(C)C)cc1F. The van der Waals surface area contributed by atoms with Gasteiger partial charge < -0.3 is 15.4 Å². The first kappa shape index (κ1) is 18.9. The number of halogens is 1. The fourth-order valence-electron chi connectivity index (χ4n) is 2.03. The number of methoxy groups -OCH3 is 1. The summed E-state index contributed by atoms with van der Waals surface area (Å²) in [5.41, 5.74) is 0.733. The summed E-state index contributed by atoms with van der Waals surface area (Å²) in [6.07, 6.45) is 0. The van der Waals surface area contributed by atoms with Gasteiger partial charge in [0.2, 0.25) is 11.8 Å². The van der Waals surface area contributed by atoms with Crippen molar-refractivity contribution in [2.45, 2.75) is 26.4 Å². The zero-order valence-corrected chi connectivity index (χ0v) is 14.0. The molecule has 128 valence electrons. The van der Waals surface area contributed by atoms with Crippen molar-refractivity contribution in [2.75, 3.05) is 27.2 Å². The van der Waals surface area contributed by atoms with Crippen LogP contribution in [-0.2, 0) is 16.1 Å². The Bertz CT molecular complexity index is 549. The molecule has 0 unspecified atom stereocenters. The highest BCUT2D eigenvalue weighted by atomic mass is 19.1. The van der Waals surface area contributed by atoms with Gasteiger partial charge in [0.05, 0.1) is 20.2 Å². The molecule has 0 bridgehead atoms. The van der Waals surface area contributed by atoms with E-state index in [9.17, 15) is 14.0 Å². The second kappa shape index (κ2) is 9.09. The Labute approximate surface area is 136 Å².